The maximum atomic E-state index is 5.22. The molecule has 0 bridgehead atoms. The standard InChI is InChI=1S/C11H17N3OS/c1-2-8(1)11-13-10(15-14-11)3-5-12-9-4-6-16-7-9/h8-9,12H,1-7H2/t9-/m1/s1. The van der Waals surface area contributed by atoms with E-state index in [4.69, 9.17) is 4.52 Å². The summed E-state index contributed by atoms with van der Waals surface area (Å²) in [6.07, 6.45) is 4.62. The van der Waals surface area contributed by atoms with Crippen LogP contribution in [-0.2, 0) is 6.42 Å². The minimum absolute atomic E-state index is 0.594. The Hall–Kier alpha value is -0.550. The highest BCUT2D eigenvalue weighted by Gasteiger charge is 2.28. The zero-order chi connectivity index (χ0) is 10.8. The van der Waals surface area contributed by atoms with Crippen LogP contribution in [0, 0.1) is 0 Å². The van der Waals surface area contributed by atoms with Gasteiger partial charge in [0.2, 0.25) is 5.89 Å². The maximum Gasteiger partial charge on any atom is 0.227 e. The van der Waals surface area contributed by atoms with Crippen molar-refractivity contribution in [1.29, 1.82) is 0 Å². The van der Waals surface area contributed by atoms with Crippen LogP contribution < -0.4 is 5.32 Å². The van der Waals surface area contributed by atoms with Gasteiger partial charge in [0.15, 0.2) is 5.82 Å². The third kappa shape index (κ3) is 2.58. The molecule has 0 unspecified atom stereocenters. The Labute approximate surface area is 99.6 Å². The van der Waals surface area contributed by atoms with Gasteiger partial charge in [-0.1, -0.05) is 5.16 Å². The first-order chi connectivity index (χ1) is 7.92. The van der Waals surface area contributed by atoms with Gasteiger partial charge in [0, 0.05) is 30.7 Å². The highest BCUT2D eigenvalue weighted by Crippen LogP contribution is 2.38. The molecule has 0 amide bonds. The van der Waals surface area contributed by atoms with E-state index >= 15 is 0 Å². The van der Waals surface area contributed by atoms with E-state index in [-0.39, 0.29) is 0 Å². The quantitative estimate of drug-likeness (QED) is 0.845. The number of hydrogen-bond donors (Lipinski definition) is 1. The second kappa shape index (κ2) is 4.75. The molecule has 4 nitrogen and oxygen atoms in total. The van der Waals surface area contributed by atoms with Crippen LogP contribution in [0.4, 0.5) is 0 Å². The topological polar surface area (TPSA) is 51.0 Å². The number of nitrogens with zero attached hydrogens (tertiary/aromatic N) is 2. The Balaban J connectivity index is 1.42. The molecule has 1 atom stereocenters. The summed E-state index contributed by atoms with van der Waals surface area (Å²) in [7, 11) is 0. The van der Waals surface area contributed by atoms with E-state index in [0.717, 1.165) is 24.7 Å². The zero-order valence-corrected chi connectivity index (χ0v) is 10.1. The molecule has 1 N–H and O–H groups in total. The molecule has 1 saturated heterocycles. The van der Waals surface area contributed by atoms with E-state index in [2.05, 4.69) is 15.5 Å². The van der Waals surface area contributed by atoms with E-state index in [0.29, 0.717) is 12.0 Å². The smallest absolute Gasteiger partial charge is 0.227 e. The van der Waals surface area contributed by atoms with Gasteiger partial charge in [-0.05, 0) is 25.0 Å². The van der Waals surface area contributed by atoms with E-state index < -0.39 is 0 Å². The summed E-state index contributed by atoms with van der Waals surface area (Å²) in [4.78, 5) is 4.41. The van der Waals surface area contributed by atoms with E-state index in [9.17, 15) is 0 Å². The van der Waals surface area contributed by atoms with Crippen LogP contribution in [-0.4, -0.2) is 34.2 Å². The average Bonchev–Trinajstić information content (AvgIpc) is 2.83. The van der Waals surface area contributed by atoms with Crippen molar-refractivity contribution >= 4 is 11.8 Å². The summed E-state index contributed by atoms with van der Waals surface area (Å²) in [5, 5.41) is 7.55. The summed E-state index contributed by atoms with van der Waals surface area (Å²) in [5.74, 6) is 4.85. The van der Waals surface area contributed by atoms with Crippen molar-refractivity contribution in [2.75, 3.05) is 18.1 Å². The molecule has 1 aromatic heterocycles. The van der Waals surface area contributed by atoms with Gasteiger partial charge in [-0.2, -0.15) is 16.7 Å². The maximum absolute atomic E-state index is 5.22. The first kappa shape index (κ1) is 10.6. The SMILES string of the molecule is C(Cc1nc(C2CC2)no1)N[C@@H]1CCSC1. The Bertz CT molecular complexity index is 345. The highest BCUT2D eigenvalue weighted by molar-refractivity contribution is 7.99. The predicted octanol–water partition coefficient (Wildman–Crippen LogP) is 1.58. The number of thioether (sulfide) groups is 1. The van der Waals surface area contributed by atoms with Crippen molar-refractivity contribution < 1.29 is 4.52 Å². The highest BCUT2D eigenvalue weighted by atomic mass is 32.2. The molecule has 5 heteroatoms. The van der Waals surface area contributed by atoms with Crippen molar-refractivity contribution in [2.45, 2.75) is 37.6 Å². The molecule has 1 aliphatic heterocycles. The van der Waals surface area contributed by atoms with E-state index in [1.54, 1.807) is 0 Å². The minimum atomic E-state index is 0.594. The molecule has 0 spiro atoms. The molecule has 16 heavy (non-hydrogen) atoms. The number of nitrogens with one attached hydrogen (secondary N) is 1. The fourth-order valence-corrected chi connectivity index (χ4v) is 3.14. The van der Waals surface area contributed by atoms with Gasteiger partial charge in [0.1, 0.15) is 0 Å². The molecule has 2 aliphatic rings. The van der Waals surface area contributed by atoms with Gasteiger partial charge in [0.25, 0.3) is 0 Å². The first-order valence-electron chi connectivity index (χ1n) is 6.05. The molecular weight excluding hydrogens is 222 g/mol. The monoisotopic (exact) mass is 239 g/mol. The van der Waals surface area contributed by atoms with Crippen LogP contribution in [0.1, 0.15) is 36.9 Å². The molecule has 3 rings (SSSR count). The zero-order valence-electron chi connectivity index (χ0n) is 9.32. The molecule has 0 radical (unpaired) electrons. The van der Waals surface area contributed by atoms with E-state index in [1.165, 1.54) is 30.8 Å². The van der Waals surface area contributed by atoms with Gasteiger partial charge in [0.05, 0.1) is 0 Å². The number of hydrogen-bond acceptors (Lipinski definition) is 5. The van der Waals surface area contributed by atoms with Gasteiger partial charge in [-0.15, -0.1) is 0 Å². The van der Waals surface area contributed by atoms with Crippen molar-refractivity contribution in [3.05, 3.63) is 11.7 Å². The van der Waals surface area contributed by atoms with Crippen LogP contribution in [0.15, 0.2) is 4.52 Å². The lowest BCUT2D eigenvalue weighted by Gasteiger charge is -2.08. The third-order valence-corrected chi connectivity index (χ3v) is 4.29. The lowest BCUT2D eigenvalue weighted by Crippen LogP contribution is -2.30. The van der Waals surface area contributed by atoms with Crippen LogP contribution in [0.3, 0.4) is 0 Å². The molecular formula is C11H17N3OS. The summed E-state index contributed by atoms with van der Waals surface area (Å²) < 4.78 is 5.22. The molecule has 1 aliphatic carbocycles. The van der Waals surface area contributed by atoms with Crippen LogP contribution in [0.25, 0.3) is 0 Å². The molecule has 2 fully saturated rings. The van der Waals surface area contributed by atoms with Gasteiger partial charge in [-0.25, -0.2) is 0 Å². The van der Waals surface area contributed by atoms with E-state index in [1.807, 2.05) is 11.8 Å². The Morgan fingerprint density at radius 2 is 2.31 bits per heavy atom. The lowest BCUT2D eigenvalue weighted by atomic mass is 10.2. The summed E-state index contributed by atoms with van der Waals surface area (Å²) in [5.41, 5.74) is 0. The fourth-order valence-electron chi connectivity index (χ4n) is 1.96. The van der Waals surface area contributed by atoms with Crippen LogP contribution in [0.2, 0.25) is 0 Å². The van der Waals surface area contributed by atoms with Gasteiger partial charge >= 0.3 is 0 Å². The summed E-state index contributed by atoms with van der Waals surface area (Å²) in [6, 6.07) is 0.691. The summed E-state index contributed by atoms with van der Waals surface area (Å²) in [6.45, 7) is 0.956. The Morgan fingerprint density at radius 1 is 1.38 bits per heavy atom. The van der Waals surface area contributed by atoms with Crippen LogP contribution >= 0.6 is 11.8 Å². The fraction of sp³-hybridized carbons (Fsp3) is 0.818. The number of aromatic nitrogens is 2. The third-order valence-electron chi connectivity index (χ3n) is 3.13. The molecule has 0 aromatic carbocycles. The average molecular weight is 239 g/mol. The molecule has 88 valence electrons. The lowest BCUT2D eigenvalue weighted by molar-refractivity contribution is 0.368. The Morgan fingerprint density at radius 3 is 3.06 bits per heavy atom. The summed E-state index contributed by atoms with van der Waals surface area (Å²) >= 11 is 2.03. The number of rotatable bonds is 5. The van der Waals surface area contributed by atoms with Crippen molar-refractivity contribution in [3.63, 3.8) is 0 Å². The molecule has 1 saturated carbocycles. The predicted molar refractivity (Wildman–Crippen MR) is 63.7 cm³/mol. The largest absolute Gasteiger partial charge is 0.339 e. The minimum Gasteiger partial charge on any atom is -0.339 e. The molecule has 2 heterocycles. The van der Waals surface area contributed by atoms with Gasteiger partial charge < -0.3 is 9.84 Å². The van der Waals surface area contributed by atoms with Crippen molar-refractivity contribution in [3.8, 4) is 0 Å². The first-order valence-corrected chi connectivity index (χ1v) is 7.21. The second-order valence-corrected chi connectivity index (χ2v) is 5.74. The Kier molecular flexibility index (Phi) is 3.15. The van der Waals surface area contributed by atoms with Crippen molar-refractivity contribution in [1.82, 2.24) is 15.5 Å². The van der Waals surface area contributed by atoms with Gasteiger partial charge in [-0.3, -0.25) is 0 Å². The second-order valence-electron chi connectivity index (χ2n) is 4.59. The van der Waals surface area contributed by atoms with Crippen LogP contribution in [0.5, 0.6) is 0 Å². The normalized spacial score (nSPS) is 25.1. The molecule has 1 aromatic rings. The van der Waals surface area contributed by atoms with Crippen molar-refractivity contribution in [2.24, 2.45) is 0 Å².